The minimum atomic E-state index is 0. The second kappa shape index (κ2) is 13.2. The number of halogens is 1. The van der Waals surface area contributed by atoms with Crippen molar-refractivity contribution in [1.82, 2.24) is 10.6 Å². The molecule has 160 valence electrons. The van der Waals surface area contributed by atoms with Gasteiger partial charge in [-0.3, -0.25) is 4.99 Å². The summed E-state index contributed by atoms with van der Waals surface area (Å²) in [5.74, 6) is 0.955. The van der Waals surface area contributed by atoms with Gasteiger partial charge >= 0.3 is 0 Å². The van der Waals surface area contributed by atoms with Gasteiger partial charge in [0, 0.05) is 47.1 Å². The maximum absolute atomic E-state index is 5.63. The van der Waals surface area contributed by atoms with E-state index in [0.717, 1.165) is 51.7 Å². The Morgan fingerprint density at radius 1 is 0.889 bits per heavy atom. The Bertz CT molecular complexity index is 420. The zero-order valence-electron chi connectivity index (χ0n) is 17.8. The maximum Gasteiger partial charge on any atom is 0.191 e. The van der Waals surface area contributed by atoms with E-state index in [2.05, 4.69) is 22.5 Å². The fraction of sp³-hybridized carbons (Fsp3) is 0.952. The van der Waals surface area contributed by atoms with Crippen molar-refractivity contribution in [2.45, 2.75) is 71.1 Å². The van der Waals surface area contributed by atoms with Crippen molar-refractivity contribution in [3.05, 3.63) is 0 Å². The lowest BCUT2D eigenvalue weighted by molar-refractivity contribution is 0.105. The maximum atomic E-state index is 5.63. The highest BCUT2D eigenvalue weighted by Crippen LogP contribution is 2.41. The lowest BCUT2D eigenvalue weighted by Gasteiger charge is -2.32. The van der Waals surface area contributed by atoms with Gasteiger partial charge in [-0.25, -0.2) is 0 Å². The molecule has 2 fully saturated rings. The van der Waals surface area contributed by atoms with Gasteiger partial charge in [-0.05, 0) is 56.3 Å². The summed E-state index contributed by atoms with van der Waals surface area (Å²) in [7, 11) is 3.69. The molecule has 0 saturated heterocycles. The first-order chi connectivity index (χ1) is 12.7. The molecule has 0 atom stereocenters. The Morgan fingerprint density at radius 2 is 1.37 bits per heavy atom. The molecule has 0 spiro atoms. The Balaban J connectivity index is 0.00000364. The molecule has 0 amide bonds. The Kier molecular flexibility index (Phi) is 12.2. The number of aliphatic imine (C=N–C) groups is 1. The summed E-state index contributed by atoms with van der Waals surface area (Å²) in [5.41, 5.74) is 0.765. The molecular weight excluding hydrogens is 453 g/mol. The van der Waals surface area contributed by atoms with E-state index in [0.29, 0.717) is 10.8 Å². The molecule has 0 heterocycles. The average molecular weight is 495 g/mol. The first-order valence-corrected chi connectivity index (χ1v) is 10.7. The van der Waals surface area contributed by atoms with Crippen LogP contribution in [-0.4, -0.2) is 53.0 Å². The van der Waals surface area contributed by atoms with Gasteiger partial charge in [-0.2, -0.15) is 0 Å². The van der Waals surface area contributed by atoms with E-state index in [1.807, 2.05) is 7.05 Å². The number of nitrogens with one attached hydrogen (secondary N) is 2. The van der Waals surface area contributed by atoms with Crippen LogP contribution in [0.2, 0.25) is 0 Å². The van der Waals surface area contributed by atoms with Crippen molar-refractivity contribution < 1.29 is 9.47 Å². The van der Waals surface area contributed by atoms with Gasteiger partial charge in [0.2, 0.25) is 0 Å². The van der Waals surface area contributed by atoms with Gasteiger partial charge in [0.1, 0.15) is 0 Å². The third kappa shape index (κ3) is 8.05. The van der Waals surface area contributed by atoms with Crippen LogP contribution in [0.5, 0.6) is 0 Å². The summed E-state index contributed by atoms with van der Waals surface area (Å²) in [5, 5.41) is 7.25. The smallest absolute Gasteiger partial charge is 0.191 e. The molecule has 2 aliphatic rings. The lowest BCUT2D eigenvalue weighted by Crippen LogP contribution is -2.46. The number of hydrogen-bond donors (Lipinski definition) is 2. The van der Waals surface area contributed by atoms with Crippen molar-refractivity contribution in [1.29, 1.82) is 0 Å². The molecule has 0 unspecified atom stereocenters. The second-order valence-electron chi connectivity index (χ2n) is 8.38. The molecule has 5 nitrogen and oxygen atoms in total. The normalized spacial score (nSPS) is 21.1. The van der Waals surface area contributed by atoms with Crippen molar-refractivity contribution in [3.63, 3.8) is 0 Å². The summed E-state index contributed by atoms with van der Waals surface area (Å²) < 4.78 is 11.0. The molecule has 0 radical (unpaired) electrons. The topological polar surface area (TPSA) is 54.9 Å². The van der Waals surface area contributed by atoms with Crippen LogP contribution < -0.4 is 10.6 Å². The van der Waals surface area contributed by atoms with E-state index in [1.165, 1.54) is 51.4 Å². The Labute approximate surface area is 183 Å². The van der Waals surface area contributed by atoms with Gasteiger partial charge in [0.15, 0.2) is 5.96 Å². The zero-order chi connectivity index (χ0) is 18.7. The first-order valence-electron chi connectivity index (χ1n) is 10.7. The molecule has 0 aliphatic heterocycles. The van der Waals surface area contributed by atoms with E-state index in [9.17, 15) is 0 Å². The predicted molar refractivity (Wildman–Crippen MR) is 124 cm³/mol. The zero-order valence-corrected chi connectivity index (χ0v) is 20.1. The first kappa shape index (κ1) is 25.0. The molecule has 0 aromatic heterocycles. The average Bonchev–Trinajstić information content (AvgIpc) is 3.31. The number of methoxy groups -OCH3 is 1. The van der Waals surface area contributed by atoms with Crippen LogP contribution in [0.1, 0.15) is 71.1 Å². The highest BCUT2D eigenvalue weighted by Gasteiger charge is 2.35. The molecule has 6 heteroatoms. The standard InChI is InChI=1S/C21H41N3O2.HI/c1-4-26-16-14-21(11-7-8-12-21)18-24-19(22-2)23-17-20(13-15-25-3)9-5-6-10-20;/h4-18H2,1-3H3,(H2,22,23,24);1H. The predicted octanol–water partition coefficient (Wildman–Crippen LogP) is 4.35. The van der Waals surface area contributed by atoms with Crippen molar-refractivity contribution in [2.24, 2.45) is 15.8 Å². The van der Waals surface area contributed by atoms with Gasteiger partial charge in [0.25, 0.3) is 0 Å². The number of hydrogen-bond acceptors (Lipinski definition) is 3. The number of ether oxygens (including phenoxy) is 2. The molecule has 2 rings (SSSR count). The van der Waals surface area contributed by atoms with Crippen molar-refractivity contribution in [2.75, 3.05) is 47.1 Å². The third-order valence-corrected chi connectivity index (χ3v) is 6.63. The summed E-state index contributed by atoms with van der Waals surface area (Å²) in [6, 6.07) is 0. The molecule has 0 aromatic rings. The van der Waals surface area contributed by atoms with E-state index in [-0.39, 0.29) is 24.0 Å². The summed E-state index contributed by atoms with van der Waals surface area (Å²) in [6.45, 7) is 6.63. The van der Waals surface area contributed by atoms with E-state index < -0.39 is 0 Å². The van der Waals surface area contributed by atoms with Crippen molar-refractivity contribution >= 4 is 29.9 Å². The van der Waals surface area contributed by atoms with Gasteiger partial charge in [-0.1, -0.05) is 25.7 Å². The monoisotopic (exact) mass is 495 g/mol. The van der Waals surface area contributed by atoms with Gasteiger partial charge < -0.3 is 20.1 Å². The van der Waals surface area contributed by atoms with Crippen LogP contribution in [0.4, 0.5) is 0 Å². The number of rotatable bonds is 11. The molecule has 2 N–H and O–H groups in total. The van der Waals surface area contributed by atoms with Crippen LogP contribution in [0.3, 0.4) is 0 Å². The van der Waals surface area contributed by atoms with Gasteiger partial charge in [-0.15, -0.1) is 24.0 Å². The van der Waals surface area contributed by atoms with Crippen LogP contribution in [0.25, 0.3) is 0 Å². The van der Waals surface area contributed by atoms with Crippen LogP contribution >= 0.6 is 24.0 Å². The molecular formula is C21H42IN3O2. The van der Waals surface area contributed by atoms with Crippen LogP contribution in [0, 0.1) is 10.8 Å². The highest BCUT2D eigenvalue weighted by atomic mass is 127. The number of nitrogens with zero attached hydrogens (tertiary/aromatic N) is 1. The van der Waals surface area contributed by atoms with Crippen LogP contribution in [-0.2, 0) is 9.47 Å². The fourth-order valence-corrected chi connectivity index (χ4v) is 4.79. The summed E-state index contributed by atoms with van der Waals surface area (Å²) in [6.07, 6.45) is 12.9. The van der Waals surface area contributed by atoms with E-state index in [1.54, 1.807) is 7.11 Å². The van der Waals surface area contributed by atoms with Crippen LogP contribution in [0.15, 0.2) is 4.99 Å². The quantitative estimate of drug-likeness (QED) is 0.194. The molecule has 2 saturated carbocycles. The highest BCUT2D eigenvalue weighted by molar-refractivity contribution is 14.0. The molecule has 27 heavy (non-hydrogen) atoms. The molecule has 2 aliphatic carbocycles. The lowest BCUT2D eigenvalue weighted by atomic mass is 9.82. The molecule has 0 aromatic carbocycles. The largest absolute Gasteiger partial charge is 0.385 e. The second-order valence-corrected chi connectivity index (χ2v) is 8.38. The Hall–Kier alpha value is -0.0800. The fourth-order valence-electron chi connectivity index (χ4n) is 4.79. The van der Waals surface area contributed by atoms with E-state index in [4.69, 9.17) is 9.47 Å². The van der Waals surface area contributed by atoms with Crippen molar-refractivity contribution in [3.8, 4) is 0 Å². The van der Waals surface area contributed by atoms with Gasteiger partial charge in [0.05, 0.1) is 0 Å². The van der Waals surface area contributed by atoms with E-state index >= 15 is 0 Å². The minimum absolute atomic E-state index is 0. The number of guanidine groups is 1. The summed E-state index contributed by atoms with van der Waals surface area (Å²) in [4.78, 5) is 4.48. The SMILES string of the molecule is CCOCCC1(CNC(=NC)NCC2(CCOC)CCCC2)CCCC1.I. The minimum Gasteiger partial charge on any atom is -0.385 e. The third-order valence-electron chi connectivity index (χ3n) is 6.63. The Morgan fingerprint density at radius 3 is 1.78 bits per heavy atom. The summed E-state index contributed by atoms with van der Waals surface area (Å²) >= 11 is 0. The molecule has 0 bridgehead atoms.